The minimum atomic E-state index is 0.651. The van der Waals surface area contributed by atoms with Gasteiger partial charge in [0.25, 0.3) is 0 Å². The van der Waals surface area contributed by atoms with Crippen LogP contribution in [0.15, 0.2) is 27.4 Å². The predicted octanol–water partition coefficient (Wildman–Crippen LogP) is 3.49. The van der Waals surface area contributed by atoms with Crippen molar-refractivity contribution in [3.63, 3.8) is 0 Å². The number of nitrogens with two attached hydrogens (primary N) is 1. The van der Waals surface area contributed by atoms with Crippen LogP contribution in [-0.4, -0.2) is 9.36 Å². The number of nitrogen functional groups attached to an aromatic ring is 1. The van der Waals surface area contributed by atoms with E-state index in [0.29, 0.717) is 10.7 Å². The molecule has 0 aliphatic carbocycles. The zero-order valence-corrected chi connectivity index (χ0v) is 11.0. The summed E-state index contributed by atoms with van der Waals surface area (Å²) in [6.45, 7) is 2.03. The number of hydrogen-bond acceptors (Lipinski definition) is 5. The molecule has 6 heteroatoms. The van der Waals surface area contributed by atoms with Crippen molar-refractivity contribution in [2.75, 3.05) is 5.73 Å². The Morgan fingerprint density at radius 1 is 1.50 bits per heavy atom. The Hall–Kier alpha value is -0.780. The minimum Gasteiger partial charge on any atom is -0.398 e. The maximum atomic E-state index is 6.08. The molecule has 84 valence electrons. The van der Waals surface area contributed by atoms with Gasteiger partial charge in [0, 0.05) is 12.1 Å². The summed E-state index contributed by atoms with van der Waals surface area (Å²) in [7, 11) is 0. The van der Waals surface area contributed by atoms with E-state index in [1.807, 2.05) is 25.1 Å². The van der Waals surface area contributed by atoms with E-state index in [9.17, 15) is 0 Å². The summed E-state index contributed by atoms with van der Waals surface area (Å²) in [5.41, 5.74) is 6.53. The Bertz CT molecular complexity index is 478. The lowest BCUT2D eigenvalue weighted by molar-refractivity contribution is 0.971. The molecule has 2 N–H and O–H groups in total. The molecular formula is C10H10ClN3S2. The highest BCUT2D eigenvalue weighted by molar-refractivity contribution is 8.01. The number of aromatic nitrogens is 2. The molecular weight excluding hydrogens is 262 g/mol. The van der Waals surface area contributed by atoms with Crippen molar-refractivity contribution in [1.82, 2.24) is 9.36 Å². The number of hydrogen-bond donors (Lipinski definition) is 1. The van der Waals surface area contributed by atoms with Crippen LogP contribution >= 0.6 is 34.9 Å². The maximum absolute atomic E-state index is 6.08. The maximum Gasteiger partial charge on any atom is 0.175 e. The van der Waals surface area contributed by atoms with Gasteiger partial charge in [-0.1, -0.05) is 36.4 Å². The zero-order chi connectivity index (χ0) is 11.5. The standard InChI is InChI=1S/C10H10ClN3S2/c1-2-8-13-10(16-14-8)15-9-6(11)4-3-5-7(9)12/h3-5H,2,12H2,1H3. The van der Waals surface area contributed by atoms with E-state index in [0.717, 1.165) is 21.5 Å². The lowest BCUT2D eigenvalue weighted by Crippen LogP contribution is -1.88. The Kier molecular flexibility index (Phi) is 3.68. The number of rotatable bonds is 3. The van der Waals surface area contributed by atoms with Gasteiger partial charge in [0.1, 0.15) is 5.82 Å². The molecule has 0 fully saturated rings. The molecule has 1 heterocycles. The Morgan fingerprint density at radius 2 is 2.31 bits per heavy atom. The average molecular weight is 272 g/mol. The van der Waals surface area contributed by atoms with Crippen LogP contribution in [-0.2, 0) is 6.42 Å². The average Bonchev–Trinajstić information content (AvgIpc) is 2.71. The van der Waals surface area contributed by atoms with Crippen LogP contribution in [0.2, 0.25) is 5.02 Å². The molecule has 2 rings (SSSR count). The van der Waals surface area contributed by atoms with Crippen LogP contribution in [0.25, 0.3) is 0 Å². The van der Waals surface area contributed by atoms with Crippen LogP contribution in [0.4, 0.5) is 5.69 Å². The van der Waals surface area contributed by atoms with Gasteiger partial charge in [-0.05, 0) is 23.7 Å². The third-order valence-corrected chi connectivity index (χ3v) is 4.33. The quantitative estimate of drug-likeness (QED) is 0.869. The first-order valence-electron chi connectivity index (χ1n) is 4.75. The van der Waals surface area contributed by atoms with E-state index >= 15 is 0 Å². The normalized spacial score (nSPS) is 10.6. The first kappa shape index (κ1) is 11.7. The van der Waals surface area contributed by atoms with E-state index in [-0.39, 0.29) is 0 Å². The van der Waals surface area contributed by atoms with E-state index in [2.05, 4.69) is 9.36 Å². The van der Waals surface area contributed by atoms with Gasteiger partial charge in [-0.2, -0.15) is 4.37 Å². The first-order valence-corrected chi connectivity index (χ1v) is 6.72. The number of halogens is 1. The third-order valence-electron chi connectivity index (χ3n) is 1.95. The van der Waals surface area contributed by atoms with Crippen molar-refractivity contribution in [1.29, 1.82) is 0 Å². The van der Waals surface area contributed by atoms with Gasteiger partial charge in [0.05, 0.1) is 9.92 Å². The summed E-state index contributed by atoms with van der Waals surface area (Å²) >= 11 is 8.91. The second-order valence-corrected chi connectivity index (χ2v) is 5.51. The molecule has 0 bridgehead atoms. The van der Waals surface area contributed by atoms with Gasteiger partial charge in [-0.15, -0.1) is 0 Å². The molecule has 0 aliphatic heterocycles. The smallest absolute Gasteiger partial charge is 0.175 e. The van der Waals surface area contributed by atoms with Gasteiger partial charge in [0.15, 0.2) is 4.34 Å². The molecule has 0 amide bonds. The fourth-order valence-corrected chi connectivity index (χ4v) is 3.13. The van der Waals surface area contributed by atoms with Crippen molar-refractivity contribution in [3.05, 3.63) is 29.0 Å². The lowest BCUT2D eigenvalue weighted by atomic mass is 10.3. The highest BCUT2D eigenvalue weighted by Gasteiger charge is 2.10. The van der Waals surface area contributed by atoms with Gasteiger partial charge < -0.3 is 5.73 Å². The molecule has 1 aromatic carbocycles. The SMILES string of the molecule is CCc1nsc(Sc2c(N)cccc2Cl)n1. The summed E-state index contributed by atoms with van der Waals surface area (Å²) in [6, 6.07) is 5.48. The zero-order valence-electron chi connectivity index (χ0n) is 8.61. The Labute approximate surface area is 107 Å². The van der Waals surface area contributed by atoms with Crippen molar-refractivity contribution in [3.8, 4) is 0 Å². The number of nitrogens with zero attached hydrogens (tertiary/aromatic N) is 2. The molecule has 16 heavy (non-hydrogen) atoms. The van der Waals surface area contributed by atoms with Gasteiger partial charge in [0.2, 0.25) is 0 Å². The van der Waals surface area contributed by atoms with Crippen molar-refractivity contribution in [2.45, 2.75) is 22.6 Å². The fraction of sp³-hybridized carbons (Fsp3) is 0.200. The molecule has 0 saturated carbocycles. The topological polar surface area (TPSA) is 51.8 Å². The summed E-state index contributed by atoms with van der Waals surface area (Å²) in [5.74, 6) is 0.859. The van der Waals surface area contributed by atoms with Crippen molar-refractivity contribution < 1.29 is 0 Å². The van der Waals surface area contributed by atoms with Crippen molar-refractivity contribution >= 4 is 40.6 Å². The molecule has 0 aliphatic rings. The third kappa shape index (κ3) is 2.48. The Balaban J connectivity index is 2.26. The van der Waals surface area contributed by atoms with Crippen LogP contribution in [0, 0.1) is 0 Å². The monoisotopic (exact) mass is 271 g/mol. The predicted molar refractivity (Wildman–Crippen MR) is 69.3 cm³/mol. The van der Waals surface area contributed by atoms with E-state index < -0.39 is 0 Å². The number of aryl methyl sites for hydroxylation is 1. The molecule has 1 aromatic heterocycles. The van der Waals surface area contributed by atoms with E-state index in [4.69, 9.17) is 17.3 Å². The van der Waals surface area contributed by atoms with Crippen LogP contribution in [0.5, 0.6) is 0 Å². The van der Waals surface area contributed by atoms with Gasteiger partial charge in [-0.3, -0.25) is 0 Å². The largest absolute Gasteiger partial charge is 0.398 e. The van der Waals surface area contributed by atoms with E-state index in [1.165, 1.54) is 23.3 Å². The lowest BCUT2D eigenvalue weighted by Gasteiger charge is -2.04. The molecule has 0 spiro atoms. The summed E-state index contributed by atoms with van der Waals surface area (Å²) in [4.78, 5) is 5.21. The molecule has 3 nitrogen and oxygen atoms in total. The van der Waals surface area contributed by atoms with Crippen LogP contribution in [0.3, 0.4) is 0 Å². The number of anilines is 1. The number of benzene rings is 1. The first-order chi connectivity index (χ1) is 7.70. The molecule has 0 radical (unpaired) electrons. The summed E-state index contributed by atoms with van der Waals surface area (Å²) in [6.07, 6.45) is 0.842. The van der Waals surface area contributed by atoms with E-state index in [1.54, 1.807) is 0 Å². The second kappa shape index (κ2) is 5.03. The molecule has 0 atom stereocenters. The van der Waals surface area contributed by atoms with Gasteiger partial charge in [-0.25, -0.2) is 4.98 Å². The second-order valence-electron chi connectivity index (χ2n) is 3.09. The highest BCUT2D eigenvalue weighted by Crippen LogP contribution is 2.37. The summed E-state index contributed by atoms with van der Waals surface area (Å²) in [5, 5.41) is 0.651. The molecule has 0 unspecified atom stereocenters. The van der Waals surface area contributed by atoms with Gasteiger partial charge >= 0.3 is 0 Å². The summed E-state index contributed by atoms with van der Waals surface area (Å²) < 4.78 is 5.09. The minimum absolute atomic E-state index is 0.651. The van der Waals surface area contributed by atoms with Crippen LogP contribution in [0.1, 0.15) is 12.7 Å². The molecule has 0 saturated heterocycles. The van der Waals surface area contributed by atoms with Crippen LogP contribution < -0.4 is 5.73 Å². The van der Waals surface area contributed by atoms with Crippen molar-refractivity contribution in [2.24, 2.45) is 0 Å². The highest BCUT2D eigenvalue weighted by atomic mass is 35.5. The Morgan fingerprint density at radius 3 is 2.94 bits per heavy atom. The fourth-order valence-electron chi connectivity index (χ4n) is 1.14. The molecule has 2 aromatic rings.